The molecular weight excluding hydrogens is 416 g/mol. The number of benzene rings is 1. The maximum Gasteiger partial charge on any atom is 0.200 e. The molecule has 10 heteroatoms. The Hall–Kier alpha value is -0.592. The molecule has 1 nitrogen and oxygen atoms in total. The molecule has 0 heterocycles. The Labute approximate surface area is 155 Å². The Bertz CT molecular complexity index is 680. The van der Waals surface area contributed by atoms with Crippen molar-refractivity contribution in [1.82, 2.24) is 0 Å². The van der Waals surface area contributed by atoms with Crippen LogP contribution in [0, 0.1) is 29.1 Å². The highest BCUT2D eigenvalue weighted by atomic mass is 29.9. The molecule has 1 aromatic carbocycles. The molecule has 0 saturated carbocycles. The highest BCUT2D eigenvalue weighted by molar-refractivity contribution is 7.97. The van der Waals surface area contributed by atoms with Gasteiger partial charge in [-0.1, -0.05) is 58.9 Å². The van der Waals surface area contributed by atoms with Crippen LogP contribution in [-0.2, 0) is 0 Å². The highest BCUT2D eigenvalue weighted by Crippen LogP contribution is 2.40. The van der Waals surface area contributed by atoms with Crippen LogP contribution in [0.4, 0.5) is 22.0 Å². The summed E-state index contributed by atoms with van der Waals surface area (Å²) in [6.45, 7) is 15.0. The number of halogens is 5. The fourth-order valence-electron chi connectivity index (χ4n) is 5.39. The van der Waals surface area contributed by atoms with Gasteiger partial charge in [0.25, 0.3) is 0 Å². The predicted molar refractivity (Wildman–Crippen MR) is 106 cm³/mol. The van der Waals surface area contributed by atoms with Gasteiger partial charge in [0.15, 0.2) is 23.3 Å². The Kier molecular flexibility index (Phi) is 6.12. The van der Waals surface area contributed by atoms with Crippen LogP contribution < -0.4 is 0 Å². The Balaban J connectivity index is 4.10. The normalized spacial score (nSPS) is 13.9. The summed E-state index contributed by atoms with van der Waals surface area (Å²) in [5.74, 6) is -10.3. The van der Waals surface area contributed by atoms with E-state index in [0.29, 0.717) is 0 Å². The molecule has 0 bridgehead atoms. The van der Waals surface area contributed by atoms with Crippen molar-refractivity contribution in [3.8, 4) is 0 Å². The van der Waals surface area contributed by atoms with Gasteiger partial charge < -0.3 is 4.79 Å². The summed E-state index contributed by atoms with van der Waals surface area (Å²) in [6, 6.07) is 0. The molecule has 0 aliphatic carbocycles. The van der Waals surface area contributed by atoms with Gasteiger partial charge in [-0.3, -0.25) is 0 Å². The van der Waals surface area contributed by atoms with Crippen molar-refractivity contribution >= 4 is 34.8 Å². The second-order valence-electron chi connectivity index (χ2n) is 9.77. The molecule has 0 aliphatic heterocycles. The monoisotopic (exact) mass is 442 g/mol. The van der Waals surface area contributed by atoms with Gasteiger partial charge in [-0.2, -0.15) is 0 Å². The third kappa shape index (κ3) is 3.22. The molecule has 0 atom stereocenters. The maximum absolute atomic E-state index is 14.5. The largest absolute Gasteiger partial charge is 0.301 e. The molecule has 26 heavy (non-hydrogen) atoms. The van der Waals surface area contributed by atoms with Crippen molar-refractivity contribution < 1.29 is 26.7 Å². The first-order chi connectivity index (χ1) is 11.3. The number of rotatable bonds is 5. The van der Waals surface area contributed by atoms with E-state index < -0.39 is 69.5 Å². The number of carbonyl (C=O) groups excluding carboxylic acids is 1. The average molecular weight is 443 g/mol. The fourth-order valence-corrected chi connectivity index (χ4v) is 103. The van der Waals surface area contributed by atoms with Crippen LogP contribution in [-0.4, -0.2) is 34.8 Å². The zero-order valence-electron chi connectivity index (χ0n) is 16.8. The van der Waals surface area contributed by atoms with Crippen molar-refractivity contribution in [2.45, 2.75) is 58.9 Å². The van der Waals surface area contributed by atoms with E-state index in [4.69, 9.17) is 0 Å². The molecule has 0 radical (unpaired) electrons. The van der Waals surface area contributed by atoms with E-state index >= 15 is 0 Å². The topological polar surface area (TPSA) is 17.1 Å². The second-order valence-corrected chi connectivity index (χ2v) is 50.0. The molecule has 0 spiro atoms. The maximum atomic E-state index is 14.5. The van der Waals surface area contributed by atoms with E-state index in [1.54, 1.807) is 0 Å². The number of hydrogen-bond donors (Lipinski definition) is 0. The summed E-state index contributed by atoms with van der Waals surface area (Å²) in [5.41, 5.74) is -1.21. The number of hydrogen-bond acceptors (Lipinski definition) is 1. The van der Waals surface area contributed by atoms with Crippen molar-refractivity contribution in [2.75, 3.05) is 0 Å². The molecule has 0 aliphatic rings. The number of carbonyl (C=O) groups is 1. The van der Waals surface area contributed by atoms with Gasteiger partial charge in [-0.15, -0.1) is 0 Å². The first-order valence-electron chi connectivity index (χ1n) is 8.40. The van der Waals surface area contributed by atoms with Gasteiger partial charge in [0.1, 0.15) is 12.0 Å². The summed E-state index contributed by atoms with van der Waals surface area (Å²) in [6.07, 6.45) is 0. The lowest BCUT2D eigenvalue weighted by Crippen LogP contribution is -2.86. The van der Waals surface area contributed by atoms with Crippen LogP contribution in [0.15, 0.2) is 0 Å². The molecule has 0 saturated heterocycles. The van der Waals surface area contributed by atoms with Gasteiger partial charge in [-0.05, 0) is 0 Å². The Morgan fingerprint density at radius 3 is 1.00 bits per heavy atom. The van der Waals surface area contributed by atoms with E-state index in [9.17, 15) is 26.7 Å². The van der Waals surface area contributed by atoms with Crippen LogP contribution in [0.25, 0.3) is 0 Å². The third-order valence-corrected chi connectivity index (χ3v) is 75.6. The lowest BCUT2D eigenvalue weighted by atomic mass is 10.2. The fraction of sp³-hybridized carbons (Fsp3) is 0.562. The lowest BCUT2D eigenvalue weighted by molar-refractivity contribution is 0.106. The van der Waals surface area contributed by atoms with Crippen LogP contribution in [0.5, 0.6) is 0 Å². The van der Waals surface area contributed by atoms with Gasteiger partial charge in [0.2, 0.25) is 5.82 Å². The summed E-state index contributed by atoms with van der Waals surface area (Å²) >= 11 is 0. The highest BCUT2D eigenvalue weighted by Gasteiger charge is 2.67. The quantitative estimate of drug-likeness (QED) is 0.244. The summed E-state index contributed by atoms with van der Waals surface area (Å²) in [4.78, 5) is 13.7. The molecule has 0 N–H and O–H groups in total. The minimum Gasteiger partial charge on any atom is -0.301 e. The summed E-state index contributed by atoms with van der Waals surface area (Å²) in [7, 11) is -6.92. The minimum absolute atomic E-state index is 0.761. The molecule has 0 fully saturated rings. The van der Waals surface area contributed by atoms with Crippen LogP contribution in [0.3, 0.4) is 0 Å². The van der Waals surface area contributed by atoms with Crippen molar-refractivity contribution in [2.24, 2.45) is 0 Å². The SMILES string of the molecule is C[Si](C)(C)[Si](C(=O)c1c(F)c(F)c(F)c(F)c1F)([Si](C)(C)C)[Si](C)(C)C. The van der Waals surface area contributed by atoms with Gasteiger partial charge >= 0.3 is 0 Å². The second kappa shape index (κ2) is 6.78. The molecule has 0 unspecified atom stereocenters. The molecule has 1 aromatic rings. The Morgan fingerprint density at radius 2 is 0.769 bits per heavy atom. The van der Waals surface area contributed by atoms with Crippen LogP contribution in [0.2, 0.25) is 58.9 Å². The lowest BCUT2D eigenvalue weighted by Gasteiger charge is -2.55. The van der Waals surface area contributed by atoms with Crippen LogP contribution >= 0.6 is 0 Å². The van der Waals surface area contributed by atoms with E-state index in [-0.39, 0.29) is 0 Å². The molecule has 148 valence electrons. The average Bonchev–Trinajstić information content (AvgIpc) is 2.38. The third-order valence-electron chi connectivity index (χ3n) is 5.15. The van der Waals surface area contributed by atoms with Crippen molar-refractivity contribution in [1.29, 1.82) is 0 Å². The van der Waals surface area contributed by atoms with Gasteiger partial charge in [-0.25, -0.2) is 22.0 Å². The Morgan fingerprint density at radius 1 is 0.538 bits per heavy atom. The zero-order valence-corrected chi connectivity index (χ0v) is 20.8. The van der Waals surface area contributed by atoms with Gasteiger partial charge in [0.05, 0.1) is 5.56 Å². The predicted octanol–water partition coefficient (Wildman–Crippen LogP) is 5.80. The van der Waals surface area contributed by atoms with E-state index in [2.05, 4.69) is 0 Å². The van der Waals surface area contributed by atoms with E-state index in [1.807, 2.05) is 58.9 Å². The summed E-state index contributed by atoms with van der Waals surface area (Å²) in [5, 5.41) is -0.761. The molecule has 0 aromatic heterocycles. The smallest absolute Gasteiger partial charge is 0.200 e. The van der Waals surface area contributed by atoms with Gasteiger partial charge in [0, 0.05) is 22.8 Å². The standard InChI is InChI=1S/C16H27F5OSi4/c1-23(2,3)26(24(4,5)6,25(7,8)9)16(22)10-11(17)13(19)15(21)14(20)12(10)18/h1-9H3. The van der Waals surface area contributed by atoms with E-state index in [0.717, 1.165) is 0 Å². The zero-order chi connectivity index (χ0) is 21.0. The molecule has 1 rings (SSSR count). The van der Waals surface area contributed by atoms with Crippen LogP contribution in [0.1, 0.15) is 10.4 Å². The van der Waals surface area contributed by atoms with Crippen molar-refractivity contribution in [3.05, 3.63) is 34.6 Å². The summed E-state index contributed by atoms with van der Waals surface area (Å²) < 4.78 is 70.0. The minimum atomic E-state index is -3.03. The first-order valence-corrected chi connectivity index (χ1v) is 23.9. The molecular formula is C16H27F5OSi4. The van der Waals surface area contributed by atoms with Crippen molar-refractivity contribution in [3.63, 3.8) is 0 Å². The first kappa shape index (κ1) is 23.4. The molecule has 0 amide bonds. The van der Waals surface area contributed by atoms with E-state index in [1.165, 1.54) is 0 Å².